The first-order valence-electron chi connectivity index (χ1n) is 5.97. The highest BCUT2D eigenvalue weighted by atomic mass is 16.5. The van der Waals surface area contributed by atoms with E-state index in [0.717, 1.165) is 22.6 Å². The Morgan fingerprint density at radius 3 is 2.56 bits per heavy atom. The first kappa shape index (κ1) is 14.5. The Morgan fingerprint density at radius 2 is 2.06 bits per heavy atom. The number of hydrogen-bond acceptors (Lipinski definition) is 3. The smallest absolute Gasteiger partial charge is 0.303 e. The minimum atomic E-state index is -0.781. The number of ether oxygens (including phenoxy) is 1. The monoisotopic (exact) mass is 251 g/mol. The maximum absolute atomic E-state index is 10.8. The molecule has 0 radical (unpaired) electrons. The van der Waals surface area contributed by atoms with Crippen molar-refractivity contribution < 1.29 is 14.6 Å². The first-order valence-corrected chi connectivity index (χ1v) is 5.97. The van der Waals surface area contributed by atoms with E-state index in [1.165, 1.54) is 0 Å². The van der Waals surface area contributed by atoms with Crippen molar-refractivity contribution in [1.82, 2.24) is 4.98 Å². The SMILES string of the molecule is COc1c(C)cnc(CC(C)(C)CC(=O)O)c1C. The summed E-state index contributed by atoms with van der Waals surface area (Å²) in [7, 11) is 1.64. The van der Waals surface area contributed by atoms with Crippen LogP contribution in [0.3, 0.4) is 0 Å². The second-order valence-electron chi connectivity index (χ2n) is 5.46. The Hall–Kier alpha value is -1.58. The van der Waals surface area contributed by atoms with E-state index in [-0.39, 0.29) is 11.8 Å². The number of aliphatic carboxylic acids is 1. The van der Waals surface area contributed by atoms with Gasteiger partial charge in [-0.1, -0.05) is 13.8 Å². The number of aryl methyl sites for hydroxylation is 1. The normalized spacial score (nSPS) is 11.4. The van der Waals surface area contributed by atoms with Crippen molar-refractivity contribution >= 4 is 5.97 Å². The molecule has 0 atom stereocenters. The van der Waals surface area contributed by atoms with Crippen LogP contribution in [0.2, 0.25) is 0 Å². The molecule has 1 heterocycles. The molecule has 0 saturated heterocycles. The molecule has 0 aliphatic heterocycles. The summed E-state index contributed by atoms with van der Waals surface area (Å²) in [4.78, 5) is 15.2. The molecule has 0 aliphatic carbocycles. The van der Waals surface area contributed by atoms with Crippen molar-refractivity contribution in [2.24, 2.45) is 5.41 Å². The molecule has 1 N–H and O–H groups in total. The van der Waals surface area contributed by atoms with E-state index in [1.807, 2.05) is 27.7 Å². The lowest BCUT2D eigenvalue weighted by Crippen LogP contribution is -2.21. The van der Waals surface area contributed by atoms with Gasteiger partial charge >= 0.3 is 5.97 Å². The summed E-state index contributed by atoms with van der Waals surface area (Å²) in [5.41, 5.74) is 2.58. The molecule has 18 heavy (non-hydrogen) atoms. The Morgan fingerprint density at radius 1 is 1.44 bits per heavy atom. The average molecular weight is 251 g/mol. The third-order valence-electron chi connectivity index (χ3n) is 3.03. The van der Waals surface area contributed by atoms with Gasteiger partial charge in [0.1, 0.15) is 5.75 Å². The topological polar surface area (TPSA) is 59.4 Å². The average Bonchev–Trinajstić information content (AvgIpc) is 2.21. The van der Waals surface area contributed by atoms with Gasteiger partial charge in [-0.2, -0.15) is 0 Å². The fraction of sp³-hybridized carbons (Fsp3) is 0.571. The quantitative estimate of drug-likeness (QED) is 0.874. The standard InChI is InChI=1S/C14H21NO3/c1-9-8-15-11(10(2)13(9)18-5)6-14(3,4)7-12(16)17/h8H,6-7H2,1-5H3,(H,16,17). The molecular weight excluding hydrogens is 230 g/mol. The molecule has 0 bridgehead atoms. The lowest BCUT2D eigenvalue weighted by Gasteiger charge is -2.23. The van der Waals surface area contributed by atoms with Crippen molar-refractivity contribution in [3.63, 3.8) is 0 Å². The van der Waals surface area contributed by atoms with Crippen molar-refractivity contribution in [3.05, 3.63) is 23.0 Å². The molecule has 0 aromatic carbocycles. The van der Waals surface area contributed by atoms with E-state index in [9.17, 15) is 4.79 Å². The van der Waals surface area contributed by atoms with Gasteiger partial charge in [-0.05, 0) is 25.7 Å². The summed E-state index contributed by atoms with van der Waals surface area (Å²) in [5.74, 6) is 0.0582. The van der Waals surface area contributed by atoms with Crippen molar-refractivity contribution in [2.75, 3.05) is 7.11 Å². The third-order valence-corrected chi connectivity index (χ3v) is 3.03. The van der Waals surface area contributed by atoms with E-state index < -0.39 is 5.97 Å². The van der Waals surface area contributed by atoms with Gasteiger partial charge in [-0.15, -0.1) is 0 Å². The summed E-state index contributed by atoms with van der Waals surface area (Å²) in [6, 6.07) is 0. The number of nitrogens with zero attached hydrogens (tertiary/aromatic N) is 1. The Balaban J connectivity index is 3.01. The van der Waals surface area contributed by atoms with Crippen LogP contribution in [0.5, 0.6) is 5.75 Å². The van der Waals surface area contributed by atoms with Crippen LogP contribution >= 0.6 is 0 Å². The van der Waals surface area contributed by atoms with Crippen LogP contribution in [0.4, 0.5) is 0 Å². The fourth-order valence-corrected chi connectivity index (χ4v) is 2.17. The van der Waals surface area contributed by atoms with Crippen LogP contribution in [0.15, 0.2) is 6.20 Å². The first-order chi connectivity index (χ1) is 8.26. The van der Waals surface area contributed by atoms with Gasteiger partial charge < -0.3 is 9.84 Å². The van der Waals surface area contributed by atoms with Crippen molar-refractivity contribution in [1.29, 1.82) is 0 Å². The number of hydrogen-bond donors (Lipinski definition) is 1. The molecule has 0 aliphatic rings. The molecule has 1 aromatic rings. The molecule has 0 saturated carbocycles. The van der Waals surface area contributed by atoms with Crippen molar-refractivity contribution in [3.8, 4) is 5.75 Å². The highest BCUT2D eigenvalue weighted by Gasteiger charge is 2.24. The summed E-state index contributed by atoms with van der Waals surface area (Å²) >= 11 is 0. The van der Waals surface area contributed by atoms with Crippen LogP contribution in [-0.4, -0.2) is 23.2 Å². The second kappa shape index (κ2) is 5.38. The zero-order valence-corrected chi connectivity index (χ0v) is 11.7. The largest absolute Gasteiger partial charge is 0.496 e. The molecule has 1 rings (SSSR count). The van der Waals surface area contributed by atoms with E-state index in [2.05, 4.69) is 4.98 Å². The van der Waals surface area contributed by atoms with Gasteiger partial charge in [-0.25, -0.2) is 0 Å². The number of pyridine rings is 1. The number of rotatable bonds is 5. The van der Waals surface area contributed by atoms with Gasteiger partial charge in [0.05, 0.1) is 13.5 Å². The van der Waals surface area contributed by atoms with Crippen molar-refractivity contribution in [2.45, 2.75) is 40.5 Å². The number of carboxylic acids is 1. The number of carbonyl (C=O) groups is 1. The van der Waals surface area contributed by atoms with Crippen LogP contribution in [-0.2, 0) is 11.2 Å². The minimum absolute atomic E-state index is 0.129. The lowest BCUT2D eigenvalue weighted by atomic mass is 9.83. The van der Waals surface area contributed by atoms with Gasteiger partial charge in [0, 0.05) is 23.0 Å². The summed E-state index contributed by atoms with van der Waals surface area (Å²) < 4.78 is 5.36. The van der Waals surface area contributed by atoms with Gasteiger partial charge in [0.25, 0.3) is 0 Å². The Bertz CT molecular complexity index is 453. The van der Waals surface area contributed by atoms with Gasteiger partial charge in [0.2, 0.25) is 0 Å². The predicted octanol–water partition coefficient (Wildman–Crippen LogP) is 2.75. The number of carboxylic acid groups (broad SMARTS) is 1. The highest BCUT2D eigenvalue weighted by Crippen LogP contribution is 2.30. The third kappa shape index (κ3) is 3.45. The number of aromatic nitrogens is 1. The molecule has 4 heteroatoms. The highest BCUT2D eigenvalue weighted by molar-refractivity contribution is 5.67. The van der Waals surface area contributed by atoms with E-state index in [4.69, 9.17) is 9.84 Å². The summed E-state index contributed by atoms with van der Waals surface area (Å²) in [6.07, 6.45) is 2.53. The minimum Gasteiger partial charge on any atom is -0.496 e. The maximum atomic E-state index is 10.8. The molecule has 0 spiro atoms. The zero-order valence-electron chi connectivity index (χ0n) is 11.7. The van der Waals surface area contributed by atoms with Crippen LogP contribution in [0.1, 0.15) is 37.1 Å². The molecular formula is C14H21NO3. The molecule has 4 nitrogen and oxygen atoms in total. The Kier molecular flexibility index (Phi) is 4.33. The number of methoxy groups -OCH3 is 1. The Labute approximate surface area is 108 Å². The van der Waals surface area contributed by atoms with Gasteiger partial charge in [0.15, 0.2) is 0 Å². The van der Waals surface area contributed by atoms with Crippen LogP contribution in [0.25, 0.3) is 0 Å². The summed E-state index contributed by atoms with van der Waals surface area (Å²) in [5, 5.41) is 8.90. The second-order valence-corrected chi connectivity index (χ2v) is 5.46. The van der Waals surface area contributed by atoms with Crippen LogP contribution in [0, 0.1) is 19.3 Å². The van der Waals surface area contributed by atoms with Gasteiger partial charge in [-0.3, -0.25) is 9.78 Å². The predicted molar refractivity (Wildman–Crippen MR) is 70.0 cm³/mol. The molecule has 0 fully saturated rings. The van der Waals surface area contributed by atoms with E-state index in [0.29, 0.717) is 6.42 Å². The fourth-order valence-electron chi connectivity index (χ4n) is 2.17. The molecule has 100 valence electrons. The summed E-state index contributed by atoms with van der Waals surface area (Å²) in [6.45, 7) is 7.79. The maximum Gasteiger partial charge on any atom is 0.303 e. The van der Waals surface area contributed by atoms with Crippen LogP contribution < -0.4 is 4.74 Å². The molecule has 0 amide bonds. The molecule has 1 aromatic heterocycles. The van der Waals surface area contributed by atoms with E-state index in [1.54, 1.807) is 13.3 Å². The van der Waals surface area contributed by atoms with E-state index >= 15 is 0 Å². The molecule has 0 unspecified atom stereocenters. The zero-order chi connectivity index (χ0) is 13.9. The lowest BCUT2D eigenvalue weighted by molar-refractivity contribution is -0.139.